The van der Waals surface area contributed by atoms with Crippen LogP contribution < -0.4 is 0 Å². The van der Waals surface area contributed by atoms with E-state index in [1.807, 2.05) is 24.3 Å². The van der Waals surface area contributed by atoms with Gasteiger partial charge >= 0.3 is 0 Å². The van der Waals surface area contributed by atoms with E-state index in [9.17, 15) is 0 Å². The second-order valence-electron chi connectivity index (χ2n) is 4.15. The smallest absolute Gasteiger partial charge is 0.0420 e. The van der Waals surface area contributed by atoms with Crippen LogP contribution in [-0.2, 0) is 6.54 Å². The van der Waals surface area contributed by atoms with Crippen LogP contribution >= 0.6 is 0 Å². The van der Waals surface area contributed by atoms with Gasteiger partial charge in [0.05, 0.1) is 0 Å². The van der Waals surface area contributed by atoms with Crippen LogP contribution in [0, 0.1) is 0 Å². The van der Waals surface area contributed by atoms with Crippen molar-refractivity contribution in [3.8, 4) is 0 Å². The summed E-state index contributed by atoms with van der Waals surface area (Å²) < 4.78 is 0. The van der Waals surface area contributed by atoms with E-state index in [0.29, 0.717) is 0 Å². The Hall–Kier alpha value is -1.51. The molecule has 1 aromatic carbocycles. The van der Waals surface area contributed by atoms with Gasteiger partial charge in [-0.1, -0.05) is 35.8 Å². The molecule has 0 aliphatic carbocycles. The minimum atomic E-state index is 0.760. The van der Waals surface area contributed by atoms with Gasteiger partial charge in [-0.3, -0.25) is 4.90 Å². The molecule has 1 aliphatic heterocycles. The SMILES string of the molecule is [N-]=[N+]=Nc1ccccc1CN1CCCCC1. The normalized spacial score (nSPS) is 16.8. The molecule has 0 unspecified atom stereocenters. The highest BCUT2D eigenvalue weighted by atomic mass is 15.1. The van der Waals surface area contributed by atoms with Gasteiger partial charge < -0.3 is 0 Å². The van der Waals surface area contributed by atoms with Crippen LogP contribution in [0.5, 0.6) is 0 Å². The van der Waals surface area contributed by atoms with E-state index in [0.717, 1.165) is 30.9 Å². The number of hydrogen-bond donors (Lipinski definition) is 0. The third-order valence-corrected chi connectivity index (χ3v) is 2.99. The zero-order valence-corrected chi connectivity index (χ0v) is 9.34. The molecule has 4 heteroatoms. The number of hydrogen-bond acceptors (Lipinski definition) is 2. The molecule has 84 valence electrons. The van der Waals surface area contributed by atoms with Gasteiger partial charge in [-0.05, 0) is 37.0 Å². The van der Waals surface area contributed by atoms with E-state index >= 15 is 0 Å². The van der Waals surface area contributed by atoms with Crippen LogP contribution in [0.15, 0.2) is 29.4 Å². The lowest BCUT2D eigenvalue weighted by Gasteiger charge is -2.26. The van der Waals surface area contributed by atoms with Crippen molar-refractivity contribution >= 4 is 5.69 Å². The van der Waals surface area contributed by atoms with E-state index < -0.39 is 0 Å². The summed E-state index contributed by atoms with van der Waals surface area (Å²) in [7, 11) is 0. The second-order valence-corrected chi connectivity index (χ2v) is 4.15. The van der Waals surface area contributed by atoms with Gasteiger partial charge in [0.25, 0.3) is 0 Å². The van der Waals surface area contributed by atoms with Crippen LogP contribution in [0.3, 0.4) is 0 Å². The lowest BCUT2D eigenvalue weighted by atomic mass is 10.1. The molecule has 1 saturated heterocycles. The highest BCUT2D eigenvalue weighted by Gasteiger charge is 2.11. The van der Waals surface area contributed by atoms with Crippen molar-refractivity contribution in [2.45, 2.75) is 25.8 Å². The van der Waals surface area contributed by atoms with Crippen LogP contribution in [0.1, 0.15) is 24.8 Å². The Labute approximate surface area is 95.5 Å². The highest BCUT2D eigenvalue weighted by molar-refractivity contribution is 5.45. The van der Waals surface area contributed by atoms with Crippen LogP contribution in [0.2, 0.25) is 0 Å². The highest BCUT2D eigenvalue weighted by Crippen LogP contribution is 2.22. The first-order chi connectivity index (χ1) is 7.90. The topological polar surface area (TPSA) is 52.0 Å². The Morgan fingerprint density at radius 3 is 2.69 bits per heavy atom. The summed E-state index contributed by atoms with van der Waals surface area (Å²) in [5.41, 5.74) is 10.4. The Kier molecular flexibility index (Phi) is 3.81. The molecule has 16 heavy (non-hydrogen) atoms. The van der Waals surface area contributed by atoms with E-state index in [2.05, 4.69) is 14.9 Å². The maximum Gasteiger partial charge on any atom is 0.0420 e. The first-order valence-corrected chi connectivity index (χ1v) is 5.75. The molecular formula is C12H16N4. The van der Waals surface area contributed by atoms with Gasteiger partial charge in [-0.25, -0.2) is 0 Å². The Morgan fingerprint density at radius 1 is 1.19 bits per heavy atom. The third kappa shape index (κ3) is 2.75. The van der Waals surface area contributed by atoms with Gasteiger partial charge in [0.1, 0.15) is 0 Å². The van der Waals surface area contributed by atoms with Crippen molar-refractivity contribution in [1.29, 1.82) is 0 Å². The predicted octanol–water partition coefficient (Wildman–Crippen LogP) is 3.61. The monoisotopic (exact) mass is 216 g/mol. The molecule has 2 rings (SSSR count). The van der Waals surface area contributed by atoms with E-state index in [1.54, 1.807) is 0 Å². The standard InChI is InChI=1S/C12H16N4/c13-15-14-12-7-3-2-6-11(12)10-16-8-4-1-5-9-16/h2-3,6-7H,1,4-5,8-10H2. The fourth-order valence-electron chi connectivity index (χ4n) is 2.15. The summed E-state index contributed by atoms with van der Waals surface area (Å²) in [6.07, 6.45) is 3.90. The third-order valence-electron chi connectivity index (χ3n) is 2.99. The Bertz CT molecular complexity index is 390. The zero-order chi connectivity index (χ0) is 11.2. The maximum absolute atomic E-state index is 8.49. The summed E-state index contributed by atoms with van der Waals surface area (Å²) in [4.78, 5) is 5.29. The predicted molar refractivity (Wildman–Crippen MR) is 64.4 cm³/mol. The molecule has 1 heterocycles. The van der Waals surface area contributed by atoms with Gasteiger partial charge in [0, 0.05) is 17.1 Å². The number of azide groups is 1. The first kappa shape index (κ1) is 11.0. The Balaban J connectivity index is 2.10. The molecule has 0 bridgehead atoms. The number of likely N-dealkylation sites (tertiary alicyclic amines) is 1. The fourth-order valence-corrected chi connectivity index (χ4v) is 2.15. The summed E-state index contributed by atoms with van der Waals surface area (Å²) in [6, 6.07) is 7.82. The molecular weight excluding hydrogens is 200 g/mol. The first-order valence-electron chi connectivity index (χ1n) is 5.75. The second kappa shape index (κ2) is 5.54. The van der Waals surface area contributed by atoms with Crippen molar-refractivity contribution in [2.24, 2.45) is 5.11 Å². The Morgan fingerprint density at radius 2 is 1.94 bits per heavy atom. The van der Waals surface area contributed by atoms with Crippen molar-refractivity contribution < 1.29 is 0 Å². The minimum absolute atomic E-state index is 0.760. The number of benzene rings is 1. The summed E-state index contributed by atoms with van der Waals surface area (Å²) >= 11 is 0. The molecule has 4 nitrogen and oxygen atoms in total. The average molecular weight is 216 g/mol. The van der Waals surface area contributed by atoms with Crippen molar-refractivity contribution in [1.82, 2.24) is 4.90 Å². The van der Waals surface area contributed by atoms with Gasteiger partial charge in [-0.15, -0.1) is 0 Å². The largest absolute Gasteiger partial charge is 0.299 e. The quantitative estimate of drug-likeness (QED) is 0.432. The van der Waals surface area contributed by atoms with Crippen molar-refractivity contribution in [3.63, 3.8) is 0 Å². The lowest BCUT2D eigenvalue weighted by Crippen LogP contribution is -2.29. The maximum atomic E-state index is 8.49. The summed E-state index contributed by atoms with van der Waals surface area (Å²) in [5.74, 6) is 0. The van der Waals surface area contributed by atoms with Crippen LogP contribution in [-0.4, -0.2) is 18.0 Å². The van der Waals surface area contributed by atoms with Gasteiger partial charge in [-0.2, -0.15) is 0 Å². The molecule has 0 spiro atoms. The van der Waals surface area contributed by atoms with Gasteiger partial charge in [0.2, 0.25) is 0 Å². The van der Waals surface area contributed by atoms with Crippen LogP contribution in [0.4, 0.5) is 5.69 Å². The molecule has 1 aliphatic rings. The fraction of sp³-hybridized carbons (Fsp3) is 0.500. The summed E-state index contributed by atoms with van der Waals surface area (Å²) in [5, 5.41) is 3.73. The lowest BCUT2D eigenvalue weighted by molar-refractivity contribution is 0.221. The molecule has 0 atom stereocenters. The minimum Gasteiger partial charge on any atom is -0.299 e. The molecule has 0 saturated carbocycles. The van der Waals surface area contributed by atoms with Gasteiger partial charge in [0.15, 0.2) is 0 Å². The zero-order valence-electron chi connectivity index (χ0n) is 9.34. The molecule has 0 amide bonds. The molecule has 1 aromatic rings. The van der Waals surface area contributed by atoms with Crippen LogP contribution in [0.25, 0.3) is 10.4 Å². The molecule has 0 radical (unpaired) electrons. The van der Waals surface area contributed by atoms with E-state index in [1.165, 1.54) is 19.3 Å². The number of rotatable bonds is 3. The van der Waals surface area contributed by atoms with Crippen molar-refractivity contribution in [2.75, 3.05) is 13.1 Å². The number of piperidine rings is 1. The molecule has 1 fully saturated rings. The molecule has 0 aromatic heterocycles. The molecule has 0 N–H and O–H groups in total. The van der Waals surface area contributed by atoms with Crippen molar-refractivity contribution in [3.05, 3.63) is 40.3 Å². The average Bonchev–Trinajstić information content (AvgIpc) is 2.33. The number of nitrogens with zero attached hydrogens (tertiary/aromatic N) is 4. The van der Waals surface area contributed by atoms with E-state index in [4.69, 9.17) is 5.53 Å². The van der Waals surface area contributed by atoms with E-state index in [-0.39, 0.29) is 0 Å². The summed E-state index contributed by atoms with van der Waals surface area (Å²) in [6.45, 7) is 3.21.